The summed E-state index contributed by atoms with van der Waals surface area (Å²) in [5, 5.41) is 3.33. The summed E-state index contributed by atoms with van der Waals surface area (Å²) in [5.74, 6) is 0.589. The normalized spacial score (nSPS) is 15.1. The highest BCUT2D eigenvalue weighted by molar-refractivity contribution is 5.86. The number of hydrogen-bond donors (Lipinski definition) is 1. The van der Waals surface area contributed by atoms with E-state index in [0.29, 0.717) is 6.54 Å². The summed E-state index contributed by atoms with van der Waals surface area (Å²) in [7, 11) is 1.35. The van der Waals surface area contributed by atoms with Crippen LogP contribution in [-0.4, -0.2) is 19.6 Å². The minimum Gasteiger partial charge on any atom is -0.463 e. The summed E-state index contributed by atoms with van der Waals surface area (Å²) in [6.45, 7) is 1.59. The van der Waals surface area contributed by atoms with Gasteiger partial charge in [0.15, 0.2) is 0 Å². The number of hydrogen-bond acceptors (Lipinski definition) is 4. The number of ether oxygens (including phenoxy) is 1. The first-order chi connectivity index (χ1) is 9.29. The predicted octanol–water partition coefficient (Wildman–Crippen LogP) is 3.05. The summed E-state index contributed by atoms with van der Waals surface area (Å²) in [6.07, 6.45) is 8.61. The second-order valence-electron chi connectivity index (χ2n) is 4.79. The molecule has 1 aromatic rings. The molecule has 0 saturated heterocycles. The third-order valence-electron chi connectivity index (χ3n) is 3.36. The maximum absolute atomic E-state index is 11.2. The van der Waals surface area contributed by atoms with E-state index < -0.39 is 5.97 Å². The van der Waals surface area contributed by atoms with Gasteiger partial charge in [-0.2, -0.15) is 0 Å². The lowest BCUT2D eigenvalue weighted by molar-refractivity contribution is 0.0563. The van der Waals surface area contributed by atoms with Crippen LogP contribution in [0.3, 0.4) is 0 Å². The van der Waals surface area contributed by atoms with Gasteiger partial charge in [-0.05, 0) is 50.8 Å². The van der Waals surface area contributed by atoms with Crippen LogP contribution in [0.15, 0.2) is 28.2 Å². The number of methoxy groups -OCH3 is 1. The minimum atomic E-state index is -0.432. The molecular formula is C15H21NO3. The van der Waals surface area contributed by atoms with Gasteiger partial charge in [0.2, 0.25) is 5.76 Å². The Kier molecular flexibility index (Phi) is 5.21. The van der Waals surface area contributed by atoms with Crippen LogP contribution in [0, 0.1) is 0 Å². The van der Waals surface area contributed by atoms with Crippen LogP contribution in [0.4, 0.5) is 0 Å². The maximum atomic E-state index is 11.2. The van der Waals surface area contributed by atoms with Crippen molar-refractivity contribution in [3.05, 3.63) is 35.3 Å². The number of rotatable bonds is 6. The number of esters is 1. The minimum absolute atomic E-state index is 0.259. The summed E-state index contributed by atoms with van der Waals surface area (Å²) < 4.78 is 9.97. The number of furan rings is 1. The zero-order valence-electron chi connectivity index (χ0n) is 11.4. The molecule has 4 nitrogen and oxygen atoms in total. The standard InChI is InChI=1S/C15H21NO3/c1-18-15(17)14-8-7-13(19-14)11-16-10-9-12-5-3-2-4-6-12/h5,7-8,16H,2-4,6,9-11H2,1H3. The van der Waals surface area contributed by atoms with Crippen LogP contribution in [0.25, 0.3) is 0 Å². The van der Waals surface area contributed by atoms with E-state index in [2.05, 4.69) is 16.1 Å². The third kappa shape index (κ3) is 4.24. The van der Waals surface area contributed by atoms with Gasteiger partial charge < -0.3 is 14.5 Å². The van der Waals surface area contributed by atoms with Gasteiger partial charge in [0.25, 0.3) is 0 Å². The van der Waals surface area contributed by atoms with E-state index in [1.165, 1.54) is 32.8 Å². The van der Waals surface area contributed by atoms with E-state index in [-0.39, 0.29) is 5.76 Å². The van der Waals surface area contributed by atoms with Crippen LogP contribution in [0.2, 0.25) is 0 Å². The lowest BCUT2D eigenvalue weighted by Crippen LogP contribution is -2.15. The molecule has 0 amide bonds. The molecule has 1 aliphatic rings. The fraction of sp³-hybridized carbons (Fsp3) is 0.533. The molecule has 0 fully saturated rings. The number of carbonyl (C=O) groups excluding carboxylic acids is 1. The quantitative estimate of drug-likeness (QED) is 0.487. The molecule has 4 heteroatoms. The van der Waals surface area contributed by atoms with Crippen LogP contribution < -0.4 is 5.32 Å². The summed E-state index contributed by atoms with van der Waals surface area (Å²) in [4.78, 5) is 11.2. The average Bonchev–Trinajstić information content (AvgIpc) is 2.93. The highest BCUT2D eigenvalue weighted by atomic mass is 16.5. The summed E-state index contributed by atoms with van der Waals surface area (Å²) >= 11 is 0. The van der Waals surface area contributed by atoms with Crippen molar-refractivity contribution in [2.45, 2.75) is 38.6 Å². The molecule has 0 aliphatic heterocycles. The van der Waals surface area contributed by atoms with E-state index in [1.54, 1.807) is 17.7 Å². The molecular weight excluding hydrogens is 242 g/mol. The van der Waals surface area contributed by atoms with E-state index in [1.807, 2.05) is 0 Å². The second-order valence-corrected chi connectivity index (χ2v) is 4.79. The van der Waals surface area contributed by atoms with Gasteiger partial charge in [-0.15, -0.1) is 0 Å². The van der Waals surface area contributed by atoms with Crippen LogP contribution in [0.1, 0.15) is 48.4 Å². The molecule has 19 heavy (non-hydrogen) atoms. The highest BCUT2D eigenvalue weighted by Crippen LogP contribution is 2.19. The highest BCUT2D eigenvalue weighted by Gasteiger charge is 2.10. The van der Waals surface area contributed by atoms with Crippen molar-refractivity contribution < 1.29 is 13.9 Å². The van der Waals surface area contributed by atoms with Crippen molar-refractivity contribution in [1.29, 1.82) is 0 Å². The van der Waals surface area contributed by atoms with Crippen molar-refractivity contribution in [3.63, 3.8) is 0 Å². The third-order valence-corrected chi connectivity index (χ3v) is 3.36. The lowest BCUT2D eigenvalue weighted by Gasteiger charge is -2.12. The Labute approximate surface area is 113 Å². The van der Waals surface area contributed by atoms with Crippen molar-refractivity contribution >= 4 is 5.97 Å². The molecule has 2 rings (SSSR count). The topological polar surface area (TPSA) is 51.5 Å². The molecule has 1 aliphatic carbocycles. The smallest absolute Gasteiger partial charge is 0.373 e. The first-order valence-electron chi connectivity index (χ1n) is 6.85. The molecule has 0 aromatic carbocycles. The Balaban J connectivity index is 1.69. The van der Waals surface area contributed by atoms with Gasteiger partial charge in [0.05, 0.1) is 13.7 Å². The Morgan fingerprint density at radius 2 is 2.32 bits per heavy atom. The Hall–Kier alpha value is -1.55. The van der Waals surface area contributed by atoms with Crippen molar-refractivity contribution in [2.75, 3.05) is 13.7 Å². The fourth-order valence-corrected chi connectivity index (χ4v) is 2.28. The predicted molar refractivity (Wildman–Crippen MR) is 72.9 cm³/mol. The Bertz CT molecular complexity index is 448. The number of nitrogens with one attached hydrogen (secondary N) is 1. The van der Waals surface area contributed by atoms with E-state index in [9.17, 15) is 4.79 Å². The molecule has 0 saturated carbocycles. The van der Waals surface area contributed by atoms with Gasteiger partial charge in [0.1, 0.15) is 5.76 Å². The van der Waals surface area contributed by atoms with Crippen molar-refractivity contribution in [1.82, 2.24) is 5.32 Å². The Morgan fingerprint density at radius 1 is 1.42 bits per heavy atom. The van der Waals surface area contributed by atoms with Gasteiger partial charge in [-0.25, -0.2) is 4.79 Å². The molecule has 0 bridgehead atoms. The molecule has 1 heterocycles. The number of allylic oxidation sites excluding steroid dienone is 1. The van der Waals surface area contributed by atoms with Crippen LogP contribution >= 0.6 is 0 Å². The molecule has 1 N–H and O–H groups in total. The molecule has 0 unspecified atom stereocenters. The van der Waals surface area contributed by atoms with Gasteiger partial charge in [-0.3, -0.25) is 0 Å². The molecule has 1 aromatic heterocycles. The monoisotopic (exact) mass is 263 g/mol. The SMILES string of the molecule is COC(=O)c1ccc(CNCCC2=CCCCC2)o1. The largest absolute Gasteiger partial charge is 0.463 e. The molecule has 0 atom stereocenters. The van der Waals surface area contributed by atoms with E-state index in [0.717, 1.165) is 18.7 Å². The lowest BCUT2D eigenvalue weighted by atomic mass is 9.97. The zero-order chi connectivity index (χ0) is 13.5. The molecule has 104 valence electrons. The summed E-state index contributed by atoms with van der Waals surface area (Å²) in [6, 6.07) is 3.45. The zero-order valence-corrected chi connectivity index (χ0v) is 11.4. The van der Waals surface area contributed by atoms with E-state index >= 15 is 0 Å². The molecule has 0 radical (unpaired) electrons. The van der Waals surface area contributed by atoms with Crippen molar-refractivity contribution in [2.24, 2.45) is 0 Å². The fourth-order valence-electron chi connectivity index (χ4n) is 2.28. The van der Waals surface area contributed by atoms with Gasteiger partial charge >= 0.3 is 5.97 Å². The summed E-state index contributed by atoms with van der Waals surface area (Å²) in [5.41, 5.74) is 1.56. The van der Waals surface area contributed by atoms with E-state index in [4.69, 9.17) is 4.42 Å². The Morgan fingerprint density at radius 3 is 3.05 bits per heavy atom. The van der Waals surface area contributed by atoms with Crippen LogP contribution in [0.5, 0.6) is 0 Å². The van der Waals surface area contributed by atoms with Gasteiger partial charge in [0, 0.05) is 0 Å². The molecule has 0 spiro atoms. The first-order valence-corrected chi connectivity index (χ1v) is 6.85. The van der Waals surface area contributed by atoms with Crippen LogP contribution in [-0.2, 0) is 11.3 Å². The van der Waals surface area contributed by atoms with Crippen molar-refractivity contribution in [3.8, 4) is 0 Å². The average molecular weight is 263 g/mol. The first kappa shape index (κ1) is 13.9. The second kappa shape index (κ2) is 7.14. The maximum Gasteiger partial charge on any atom is 0.373 e. The number of carbonyl (C=O) groups is 1. The van der Waals surface area contributed by atoms with Gasteiger partial charge in [-0.1, -0.05) is 11.6 Å².